The highest BCUT2D eigenvalue weighted by molar-refractivity contribution is 5.81. The lowest BCUT2D eigenvalue weighted by Gasteiger charge is -2.32. The van der Waals surface area contributed by atoms with Gasteiger partial charge in [0.05, 0.1) is 22.9 Å². The van der Waals surface area contributed by atoms with Crippen LogP contribution in [0.15, 0.2) is 24.3 Å². The maximum atomic E-state index is 10.6. The van der Waals surface area contributed by atoms with E-state index in [1.807, 2.05) is 23.9 Å². The summed E-state index contributed by atoms with van der Waals surface area (Å²) in [5, 5.41) is 16.3. The molecule has 0 spiro atoms. The van der Waals surface area contributed by atoms with Crippen molar-refractivity contribution < 1.29 is 9.84 Å². The lowest BCUT2D eigenvalue weighted by molar-refractivity contribution is -0.0973. The first-order chi connectivity index (χ1) is 9.66. The summed E-state index contributed by atoms with van der Waals surface area (Å²) in [6, 6.07) is 8.15. The average Bonchev–Trinajstić information content (AvgIpc) is 3.06. The van der Waals surface area contributed by atoms with Gasteiger partial charge in [-0.3, -0.25) is 4.68 Å². The number of aliphatic hydroxyl groups excluding tert-OH is 1. The fraction of sp³-hybridized carbons (Fsp3) is 0.562. The monoisotopic (exact) mass is 274 g/mol. The number of para-hydroxylation sites is 1. The molecule has 0 amide bonds. The third kappa shape index (κ3) is 2.13. The Morgan fingerprint density at radius 1 is 1.35 bits per heavy atom. The minimum absolute atomic E-state index is 0.376. The number of ether oxygens (including phenoxy) is 1. The van der Waals surface area contributed by atoms with E-state index in [4.69, 9.17) is 4.74 Å². The lowest BCUT2D eigenvalue weighted by Crippen LogP contribution is -2.43. The largest absolute Gasteiger partial charge is 0.390 e. The van der Waals surface area contributed by atoms with Gasteiger partial charge in [0.1, 0.15) is 0 Å². The number of benzene rings is 1. The molecule has 1 aromatic heterocycles. The lowest BCUT2D eigenvalue weighted by atomic mass is 9.90. The Balaban J connectivity index is 1.89. The van der Waals surface area contributed by atoms with Crippen molar-refractivity contribution in [1.82, 2.24) is 9.78 Å². The van der Waals surface area contributed by atoms with Crippen LogP contribution in [0.3, 0.4) is 0 Å². The molecular weight excluding hydrogens is 252 g/mol. The van der Waals surface area contributed by atoms with Crippen molar-refractivity contribution in [2.75, 3.05) is 7.11 Å². The number of rotatable bonds is 4. The molecule has 1 saturated carbocycles. The van der Waals surface area contributed by atoms with Crippen molar-refractivity contribution in [2.24, 2.45) is 7.05 Å². The van der Waals surface area contributed by atoms with Crippen LogP contribution in [0.4, 0.5) is 0 Å². The molecule has 4 nitrogen and oxygen atoms in total. The van der Waals surface area contributed by atoms with E-state index in [1.54, 1.807) is 7.11 Å². The molecule has 0 bridgehead atoms. The highest BCUT2D eigenvalue weighted by Gasteiger charge is 2.41. The fourth-order valence-electron chi connectivity index (χ4n) is 3.46. The molecule has 108 valence electrons. The number of hydrogen-bond donors (Lipinski definition) is 1. The topological polar surface area (TPSA) is 47.3 Å². The molecule has 1 atom stereocenters. The number of aliphatic hydroxyl groups is 1. The summed E-state index contributed by atoms with van der Waals surface area (Å²) in [4.78, 5) is 0. The number of hydrogen-bond acceptors (Lipinski definition) is 3. The molecule has 1 aromatic carbocycles. The van der Waals surface area contributed by atoms with Crippen molar-refractivity contribution in [3.8, 4) is 0 Å². The maximum Gasteiger partial charge on any atom is 0.0940 e. The Morgan fingerprint density at radius 2 is 2.05 bits per heavy atom. The summed E-state index contributed by atoms with van der Waals surface area (Å²) < 4.78 is 7.55. The predicted octanol–water partition coefficient (Wildman–Crippen LogP) is 2.44. The molecule has 0 aliphatic heterocycles. The molecule has 1 aliphatic carbocycles. The number of aryl methyl sites for hydroxylation is 1. The van der Waals surface area contributed by atoms with Crippen LogP contribution in [-0.2, 0) is 18.2 Å². The Morgan fingerprint density at radius 3 is 2.75 bits per heavy atom. The van der Waals surface area contributed by atoms with E-state index in [0.29, 0.717) is 6.42 Å². The minimum Gasteiger partial charge on any atom is -0.390 e. The van der Waals surface area contributed by atoms with Crippen LogP contribution in [0.1, 0.15) is 31.4 Å². The van der Waals surface area contributed by atoms with Crippen LogP contribution >= 0.6 is 0 Å². The quantitative estimate of drug-likeness (QED) is 0.931. The van der Waals surface area contributed by atoms with Gasteiger partial charge in [-0.15, -0.1) is 0 Å². The summed E-state index contributed by atoms with van der Waals surface area (Å²) in [5.74, 6) is 0. The van der Waals surface area contributed by atoms with Crippen molar-refractivity contribution in [3.63, 3.8) is 0 Å². The minimum atomic E-state index is -0.492. The first-order valence-electron chi connectivity index (χ1n) is 7.30. The highest BCUT2D eigenvalue weighted by Crippen LogP contribution is 2.37. The third-order valence-electron chi connectivity index (χ3n) is 4.68. The molecule has 0 saturated heterocycles. The van der Waals surface area contributed by atoms with Gasteiger partial charge in [-0.05, 0) is 18.9 Å². The van der Waals surface area contributed by atoms with E-state index >= 15 is 0 Å². The Labute approximate surface area is 119 Å². The zero-order valence-corrected chi connectivity index (χ0v) is 12.2. The van der Waals surface area contributed by atoms with Gasteiger partial charge >= 0.3 is 0 Å². The zero-order valence-electron chi connectivity index (χ0n) is 12.2. The molecule has 1 unspecified atom stereocenters. The molecule has 1 heterocycles. The van der Waals surface area contributed by atoms with Crippen LogP contribution < -0.4 is 0 Å². The van der Waals surface area contributed by atoms with Crippen LogP contribution in [0, 0.1) is 0 Å². The van der Waals surface area contributed by atoms with Crippen LogP contribution in [0.5, 0.6) is 0 Å². The Kier molecular flexibility index (Phi) is 3.52. The second-order valence-electron chi connectivity index (χ2n) is 5.78. The van der Waals surface area contributed by atoms with Gasteiger partial charge in [0.15, 0.2) is 0 Å². The number of fused-ring (bicyclic) bond motifs is 1. The first-order valence-corrected chi connectivity index (χ1v) is 7.30. The third-order valence-corrected chi connectivity index (χ3v) is 4.68. The summed E-state index contributed by atoms with van der Waals surface area (Å²) in [5.41, 5.74) is 1.69. The number of methoxy groups -OCH3 is 1. The van der Waals surface area contributed by atoms with Gasteiger partial charge in [-0.2, -0.15) is 5.10 Å². The summed E-state index contributed by atoms with van der Waals surface area (Å²) >= 11 is 0. The van der Waals surface area contributed by atoms with Gasteiger partial charge < -0.3 is 9.84 Å². The standard InChI is InChI=1S/C16H22N2O2/c1-18-14-8-4-3-7-12(14)13(17-18)11-15(19)16(20-2)9-5-6-10-16/h3-4,7-8,15,19H,5-6,9-11H2,1-2H3. The van der Waals surface area contributed by atoms with Gasteiger partial charge in [0.2, 0.25) is 0 Å². The maximum absolute atomic E-state index is 10.6. The molecule has 1 aliphatic rings. The smallest absolute Gasteiger partial charge is 0.0940 e. The fourth-order valence-corrected chi connectivity index (χ4v) is 3.46. The van der Waals surface area contributed by atoms with E-state index in [-0.39, 0.29) is 5.60 Å². The molecule has 0 radical (unpaired) electrons. The van der Waals surface area contributed by atoms with Crippen molar-refractivity contribution in [2.45, 2.75) is 43.8 Å². The number of aromatic nitrogens is 2. The molecule has 2 aromatic rings. The number of nitrogens with zero attached hydrogens (tertiary/aromatic N) is 2. The second kappa shape index (κ2) is 5.19. The van der Waals surface area contributed by atoms with Gasteiger partial charge in [0.25, 0.3) is 0 Å². The van der Waals surface area contributed by atoms with E-state index in [2.05, 4.69) is 17.2 Å². The van der Waals surface area contributed by atoms with Crippen LogP contribution in [0.2, 0.25) is 0 Å². The SMILES string of the molecule is COC1(C(O)Cc2nn(C)c3ccccc23)CCCC1. The molecule has 1 N–H and O–H groups in total. The van der Waals surface area contributed by atoms with Crippen molar-refractivity contribution >= 4 is 10.9 Å². The van der Waals surface area contributed by atoms with Gasteiger partial charge in [-0.1, -0.05) is 31.0 Å². The Bertz CT molecular complexity index is 600. The van der Waals surface area contributed by atoms with E-state index in [9.17, 15) is 5.11 Å². The molecular formula is C16H22N2O2. The van der Waals surface area contributed by atoms with Gasteiger partial charge in [-0.25, -0.2) is 0 Å². The average molecular weight is 274 g/mol. The second-order valence-corrected chi connectivity index (χ2v) is 5.78. The van der Waals surface area contributed by atoms with Crippen molar-refractivity contribution in [3.05, 3.63) is 30.0 Å². The van der Waals surface area contributed by atoms with E-state index < -0.39 is 6.10 Å². The van der Waals surface area contributed by atoms with E-state index in [1.165, 1.54) is 0 Å². The molecule has 3 rings (SSSR count). The summed E-state index contributed by atoms with van der Waals surface area (Å²) in [6.45, 7) is 0. The molecule has 4 heteroatoms. The first kappa shape index (κ1) is 13.6. The predicted molar refractivity (Wildman–Crippen MR) is 78.6 cm³/mol. The zero-order chi connectivity index (χ0) is 14.2. The van der Waals surface area contributed by atoms with Crippen molar-refractivity contribution in [1.29, 1.82) is 0 Å². The molecule has 1 fully saturated rings. The molecule has 20 heavy (non-hydrogen) atoms. The van der Waals surface area contributed by atoms with Crippen LogP contribution in [0.25, 0.3) is 10.9 Å². The van der Waals surface area contributed by atoms with Gasteiger partial charge in [0, 0.05) is 26.0 Å². The summed E-state index contributed by atoms with van der Waals surface area (Å²) in [6.07, 6.45) is 4.20. The van der Waals surface area contributed by atoms with Crippen LogP contribution in [-0.4, -0.2) is 33.7 Å². The van der Waals surface area contributed by atoms with E-state index in [0.717, 1.165) is 42.3 Å². The highest BCUT2D eigenvalue weighted by atomic mass is 16.5. The summed E-state index contributed by atoms with van der Waals surface area (Å²) in [7, 11) is 3.66. The normalized spacial score (nSPS) is 19.6. The Hall–Kier alpha value is -1.39.